The summed E-state index contributed by atoms with van der Waals surface area (Å²) in [5, 5.41) is 0. The summed E-state index contributed by atoms with van der Waals surface area (Å²) in [6.07, 6.45) is 12.3. The van der Waals surface area contributed by atoms with Crippen molar-refractivity contribution in [3.05, 3.63) is 106 Å². The minimum atomic E-state index is 0.536. The lowest BCUT2D eigenvalue weighted by Gasteiger charge is -2.35. The van der Waals surface area contributed by atoms with Gasteiger partial charge in [-0.3, -0.25) is 0 Å². The van der Waals surface area contributed by atoms with Crippen LogP contribution in [0.5, 0.6) is 0 Å². The van der Waals surface area contributed by atoms with E-state index in [0.29, 0.717) is 22.6 Å². The van der Waals surface area contributed by atoms with Gasteiger partial charge in [-0.1, -0.05) is 0 Å². The van der Waals surface area contributed by atoms with E-state index in [1.165, 1.54) is 27.1 Å². The van der Waals surface area contributed by atoms with Gasteiger partial charge in [0, 0.05) is 46.5 Å². The lowest BCUT2D eigenvalue weighted by atomic mass is 9.87. The molecule has 7 aromatic rings. The third-order valence-electron chi connectivity index (χ3n) is 9.85. The van der Waals surface area contributed by atoms with Crippen LogP contribution in [0.15, 0.2) is 66.3 Å². The molecule has 244 valence electrons. The topological polar surface area (TPSA) is 106 Å². The Hall–Kier alpha value is -5.35. The molecule has 0 aliphatic carbocycles. The summed E-state index contributed by atoms with van der Waals surface area (Å²) in [5.41, 5.74) is 18.6. The maximum absolute atomic E-state index is 4.90. The number of aromatic nitrogens is 8. The summed E-state index contributed by atoms with van der Waals surface area (Å²) in [7, 11) is 0. The van der Waals surface area contributed by atoms with Gasteiger partial charge in [-0.2, -0.15) is 0 Å². The van der Waals surface area contributed by atoms with Gasteiger partial charge in [0.05, 0.1) is 35.2 Å². The molecule has 0 fully saturated rings. The minimum absolute atomic E-state index is 0.536. The molecule has 0 radical (unpaired) electrons. The lowest BCUT2D eigenvalue weighted by molar-refractivity contribution is 1.11. The second-order valence-electron chi connectivity index (χ2n) is 12.4. The predicted octanol–water partition coefficient (Wildman–Crippen LogP) is 9.15. The summed E-state index contributed by atoms with van der Waals surface area (Å²) in [6.45, 7) is 17.6. The van der Waals surface area contributed by atoms with Crippen molar-refractivity contribution < 1.29 is 0 Å². The van der Waals surface area contributed by atoms with E-state index in [4.69, 9.17) is 9.97 Å². The molecule has 0 N–H and O–H groups in total. The van der Waals surface area contributed by atoms with Crippen molar-refractivity contribution in [2.45, 2.75) is 60.3 Å². The molecule has 0 aliphatic rings. The van der Waals surface area contributed by atoms with Crippen LogP contribution in [0.2, 0.25) is 0 Å². The van der Waals surface area contributed by atoms with Crippen LogP contribution in [0.1, 0.15) is 44.5 Å². The third kappa shape index (κ3) is 5.36. The summed E-state index contributed by atoms with van der Waals surface area (Å²) in [5.74, 6) is 0. The van der Waals surface area contributed by atoms with Crippen molar-refractivity contribution in [2.24, 2.45) is 0 Å². The van der Waals surface area contributed by atoms with Gasteiger partial charge in [-0.15, -0.1) is 11.8 Å². The van der Waals surface area contributed by atoms with Crippen LogP contribution < -0.4 is 4.90 Å². The Kier molecular flexibility index (Phi) is 8.28. The average molecular weight is 664 g/mol. The molecule has 0 bridgehead atoms. The highest BCUT2D eigenvalue weighted by Gasteiger charge is 2.28. The number of thioether (sulfide) groups is 1. The number of hydrogen-bond donors (Lipinski definition) is 0. The quantitative estimate of drug-likeness (QED) is 0.160. The summed E-state index contributed by atoms with van der Waals surface area (Å²) < 4.78 is 0. The van der Waals surface area contributed by atoms with Crippen molar-refractivity contribution >= 4 is 51.4 Å². The van der Waals surface area contributed by atoms with Gasteiger partial charge in [-0.25, -0.2) is 39.9 Å². The first-order valence-corrected chi connectivity index (χ1v) is 17.4. The van der Waals surface area contributed by atoms with Gasteiger partial charge in [0.25, 0.3) is 0 Å². The van der Waals surface area contributed by atoms with E-state index in [1.54, 1.807) is 36.5 Å². The van der Waals surface area contributed by atoms with Gasteiger partial charge >= 0.3 is 0 Å². The van der Waals surface area contributed by atoms with Crippen LogP contribution in [0, 0.1) is 55.4 Å². The number of benzene rings is 3. The predicted molar refractivity (Wildman–Crippen MR) is 199 cm³/mol. The molecular weight excluding hydrogens is 627 g/mol. The minimum Gasteiger partial charge on any atom is -0.309 e. The Bertz CT molecular complexity index is 2220. The van der Waals surface area contributed by atoms with E-state index in [1.807, 2.05) is 12.4 Å². The molecule has 49 heavy (non-hydrogen) atoms. The molecule has 9 nitrogen and oxygen atoms in total. The Morgan fingerprint density at radius 1 is 0.449 bits per heavy atom. The second-order valence-corrected chi connectivity index (χ2v) is 13.3. The van der Waals surface area contributed by atoms with Gasteiger partial charge in [0.1, 0.15) is 0 Å². The van der Waals surface area contributed by atoms with Crippen LogP contribution in [-0.4, -0.2) is 46.1 Å². The van der Waals surface area contributed by atoms with E-state index in [0.717, 1.165) is 61.8 Å². The SMILES string of the molecule is CSc1ccc(N(c2c(C)c(C)c(-c3cnc4nccnc4n3)c(C)c2C)c2c(C)c(C)c(-c3cnc4nccnc4n3)c(C)c2C)cc1. The van der Waals surface area contributed by atoms with Crippen LogP contribution in [0.4, 0.5) is 17.1 Å². The standard InChI is InChI=1S/C39H37N9S/c1-20-24(5)34(25(6)21(2)32(20)30-18-44-36-38(46-30)42-16-14-40-36)48(28-10-12-29(49-9)13-11-28)35-26(7)22(3)33(23(4)27(35)8)31-19-45-37-39(47-31)43-17-15-41-37/h10-19H,1-9H3. The number of anilines is 3. The van der Waals surface area contributed by atoms with Crippen LogP contribution in [0.3, 0.4) is 0 Å². The van der Waals surface area contributed by atoms with E-state index < -0.39 is 0 Å². The zero-order valence-corrected chi connectivity index (χ0v) is 30.0. The lowest BCUT2D eigenvalue weighted by Crippen LogP contribution is -2.18. The van der Waals surface area contributed by atoms with Crippen molar-refractivity contribution in [3.8, 4) is 22.5 Å². The highest BCUT2D eigenvalue weighted by molar-refractivity contribution is 7.98. The van der Waals surface area contributed by atoms with Gasteiger partial charge in [-0.05, 0) is 130 Å². The highest BCUT2D eigenvalue weighted by Crippen LogP contribution is 2.48. The number of hydrogen-bond acceptors (Lipinski definition) is 10. The van der Waals surface area contributed by atoms with Crippen molar-refractivity contribution in [1.82, 2.24) is 39.9 Å². The van der Waals surface area contributed by atoms with Crippen LogP contribution in [0.25, 0.3) is 45.1 Å². The fraction of sp³-hybridized carbons (Fsp3) is 0.231. The number of rotatable bonds is 6. The Labute approximate surface area is 290 Å². The molecule has 0 spiro atoms. The van der Waals surface area contributed by atoms with Gasteiger partial charge in [0.2, 0.25) is 0 Å². The van der Waals surface area contributed by atoms with E-state index >= 15 is 0 Å². The van der Waals surface area contributed by atoms with Crippen molar-refractivity contribution in [3.63, 3.8) is 0 Å². The second kappa shape index (κ2) is 12.6. The van der Waals surface area contributed by atoms with Crippen LogP contribution >= 0.6 is 11.8 Å². The van der Waals surface area contributed by atoms with Crippen molar-refractivity contribution in [2.75, 3.05) is 11.2 Å². The maximum atomic E-state index is 4.90. The molecule has 0 aliphatic heterocycles. The zero-order chi connectivity index (χ0) is 34.6. The van der Waals surface area contributed by atoms with Gasteiger partial charge < -0.3 is 4.90 Å². The molecule has 10 heteroatoms. The highest BCUT2D eigenvalue weighted by atomic mass is 32.2. The summed E-state index contributed by atoms with van der Waals surface area (Å²) >= 11 is 1.74. The first-order valence-electron chi connectivity index (χ1n) is 16.1. The van der Waals surface area contributed by atoms with Gasteiger partial charge in [0.15, 0.2) is 22.6 Å². The number of fused-ring (bicyclic) bond motifs is 2. The molecule has 4 aromatic heterocycles. The molecule has 4 heterocycles. The summed E-state index contributed by atoms with van der Waals surface area (Å²) in [6, 6.07) is 8.84. The first-order chi connectivity index (χ1) is 23.6. The molecular formula is C39H37N9S. The van der Waals surface area contributed by atoms with Crippen molar-refractivity contribution in [1.29, 1.82) is 0 Å². The first kappa shape index (κ1) is 32.2. The molecule has 0 unspecified atom stereocenters. The molecule has 0 saturated carbocycles. The Morgan fingerprint density at radius 2 is 0.816 bits per heavy atom. The average Bonchev–Trinajstić information content (AvgIpc) is 3.12. The molecule has 3 aromatic carbocycles. The monoisotopic (exact) mass is 663 g/mol. The smallest absolute Gasteiger partial charge is 0.198 e. The Morgan fingerprint density at radius 3 is 1.18 bits per heavy atom. The van der Waals surface area contributed by atoms with E-state index in [2.05, 4.69) is 121 Å². The molecule has 7 rings (SSSR count). The Balaban J connectivity index is 1.48. The zero-order valence-electron chi connectivity index (χ0n) is 29.2. The molecule has 0 atom stereocenters. The van der Waals surface area contributed by atoms with E-state index in [9.17, 15) is 0 Å². The fourth-order valence-electron chi connectivity index (χ4n) is 6.88. The molecule has 0 saturated heterocycles. The van der Waals surface area contributed by atoms with Crippen LogP contribution in [-0.2, 0) is 0 Å². The number of nitrogens with zero attached hydrogens (tertiary/aromatic N) is 9. The maximum Gasteiger partial charge on any atom is 0.198 e. The largest absolute Gasteiger partial charge is 0.309 e. The third-order valence-corrected chi connectivity index (χ3v) is 10.6. The van der Waals surface area contributed by atoms with E-state index in [-0.39, 0.29) is 0 Å². The fourth-order valence-corrected chi connectivity index (χ4v) is 7.29. The molecule has 0 amide bonds. The summed E-state index contributed by atoms with van der Waals surface area (Å²) in [4.78, 5) is 40.2. The normalized spacial score (nSPS) is 11.4.